The van der Waals surface area contributed by atoms with Crippen molar-refractivity contribution in [3.63, 3.8) is 0 Å². The molecular formula is C11H8N2O4. The maximum atomic E-state index is 11.2. The molecule has 17 heavy (non-hydrogen) atoms. The molecule has 1 aromatic heterocycles. The molecule has 6 heteroatoms. The van der Waals surface area contributed by atoms with Gasteiger partial charge in [0, 0.05) is 5.56 Å². The molecule has 0 saturated heterocycles. The predicted octanol–water partition coefficient (Wildman–Crippen LogP) is 1.28. The highest BCUT2D eigenvalue weighted by Crippen LogP contribution is 2.17. The van der Waals surface area contributed by atoms with Gasteiger partial charge in [-0.1, -0.05) is 12.1 Å². The first-order chi connectivity index (χ1) is 8.09. The van der Waals surface area contributed by atoms with Gasteiger partial charge < -0.3 is 5.11 Å². The van der Waals surface area contributed by atoms with E-state index in [1.807, 2.05) is 0 Å². The van der Waals surface area contributed by atoms with Crippen LogP contribution in [0.3, 0.4) is 0 Å². The van der Waals surface area contributed by atoms with E-state index >= 15 is 0 Å². The van der Waals surface area contributed by atoms with E-state index in [2.05, 4.69) is 14.9 Å². The standard InChI is InChI=1S/C11H8N2O4/c1-6(14)8(11(15)16)5-7-3-2-4-9-10(7)13-17-12-9/h2-5H,1H3,(H,15,16)/b8-5+. The van der Waals surface area contributed by atoms with Gasteiger partial charge in [0.15, 0.2) is 5.78 Å². The Morgan fingerprint density at radius 3 is 2.76 bits per heavy atom. The second-order valence-electron chi connectivity index (χ2n) is 3.40. The lowest BCUT2D eigenvalue weighted by molar-refractivity contribution is -0.134. The van der Waals surface area contributed by atoms with Crippen LogP contribution in [-0.4, -0.2) is 27.2 Å². The summed E-state index contributed by atoms with van der Waals surface area (Å²) in [5.74, 6) is -1.79. The number of carbonyl (C=O) groups excluding carboxylic acids is 1. The molecule has 2 aromatic rings. The summed E-state index contributed by atoms with van der Waals surface area (Å²) in [7, 11) is 0. The van der Waals surface area contributed by atoms with Crippen molar-refractivity contribution in [3.8, 4) is 0 Å². The van der Waals surface area contributed by atoms with E-state index < -0.39 is 11.8 Å². The first-order valence-corrected chi connectivity index (χ1v) is 4.77. The lowest BCUT2D eigenvalue weighted by Gasteiger charge is -1.97. The van der Waals surface area contributed by atoms with Crippen molar-refractivity contribution in [2.24, 2.45) is 0 Å². The van der Waals surface area contributed by atoms with E-state index in [-0.39, 0.29) is 5.57 Å². The minimum atomic E-state index is -1.27. The SMILES string of the molecule is CC(=O)/C(=C\c1cccc2nonc12)C(=O)O. The zero-order valence-corrected chi connectivity index (χ0v) is 8.88. The fourth-order valence-corrected chi connectivity index (χ4v) is 1.41. The van der Waals surface area contributed by atoms with E-state index in [4.69, 9.17) is 5.11 Å². The number of benzene rings is 1. The van der Waals surface area contributed by atoms with Crippen molar-refractivity contribution >= 4 is 28.9 Å². The predicted molar refractivity (Wildman–Crippen MR) is 58.1 cm³/mol. The molecule has 0 amide bonds. The third-order valence-corrected chi connectivity index (χ3v) is 2.23. The van der Waals surface area contributed by atoms with Gasteiger partial charge in [0.05, 0.1) is 0 Å². The van der Waals surface area contributed by atoms with Crippen LogP contribution in [0.4, 0.5) is 0 Å². The highest BCUT2D eigenvalue weighted by atomic mass is 16.6. The smallest absolute Gasteiger partial charge is 0.339 e. The van der Waals surface area contributed by atoms with Crippen molar-refractivity contribution in [2.45, 2.75) is 6.92 Å². The molecule has 1 heterocycles. The van der Waals surface area contributed by atoms with Crippen molar-refractivity contribution in [3.05, 3.63) is 29.3 Å². The molecule has 0 atom stereocenters. The van der Waals surface area contributed by atoms with Crippen LogP contribution in [0.15, 0.2) is 28.4 Å². The van der Waals surface area contributed by atoms with E-state index in [0.29, 0.717) is 16.6 Å². The second-order valence-corrected chi connectivity index (χ2v) is 3.40. The van der Waals surface area contributed by atoms with Gasteiger partial charge in [-0.3, -0.25) is 4.79 Å². The Kier molecular flexibility index (Phi) is 2.70. The second kappa shape index (κ2) is 4.17. The summed E-state index contributed by atoms with van der Waals surface area (Å²) in [6, 6.07) is 4.99. The number of hydrogen-bond donors (Lipinski definition) is 1. The van der Waals surface area contributed by atoms with Gasteiger partial charge >= 0.3 is 5.97 Å². The van der Waals surface area contributed by atoms with Gasteiger partial charge in [-0.25, -0.2) is 9.42 Å². The molecule has 2 rings (SSSR count). The van der Waals surface area contributed by atoms with Crippen LogP contribution in [0.25, 0.3) is 17.1 Å². The average molecular weight is 232 g/mol. The van der Waals surface area contributed by atoms with Crippen LogP contribution in [0.2, 0.25) is 0 Å². The van der Waals surface area contributed by atoms with Crippen LogP contribution in [0.1, 0.15) is 12.5 Å². The fraction of sp³-hybridized carbons (Fsp3) is 0.0909. The summed E-state index contributed by atoms with van der Waals surface area (Å²) in [6.45, 7) is 1.20. The molecule has 0 aliphatic heterocycles. The van der Waals surface area contributed by atoms with E-state index in [1.165, 1.54) is 13.0 Å². The summed E-state index contributed by atoms with van der Waals surface area (Å²) < 4.78 is 4.55. The number of carbonyl (C=O) groups is 2. The minimum absolute atomic E-state index is 0.305. The van der Waals surface area contributed by atoms with E-state index in [1.54, 1.807) is 18.2 Å². The Bertz CT molecular complexity index is 611. The van der Waals surface area contributed by atoms with Gasteiger partial charge in [0.1, 0.15) is 16.6 Å². The van der Waals surface area contributed by atoms with Gasteiger partial charge in [-0.15, -0.1) is 0 Å². The maximum absolute atomic E-state index is 11.2. The van der Waals surface area contributed by atoms with Crippen LogP contribution in [-0.2, 0) is 9.59 Å². The largest absolute Gasteiger partial charge is 0.478 e. The van der Waals surface area contributed by atoms with Crippen LogP contribution in [0, 0.1) is 0 Å². The lowest BCUT2D eigenvalue weighted by Crippen LogP contribution is -2.08. The summed E-state index contributed by atoms with van der Waals surface area (Å²) in [5, 5.41) is 16.2. The Hall–Kier alpha value is -2.50. The van der Waals surface area contributed by atoms with Crippen LogP contribution >= 0.6 is 0 Å². The quantitative estimate of drug-likeness (QED) is 0.486. The Balaban J connectivity index is 2.60. The summed E-state index contributed by atoms with van der Waals surface area (Å²) in [6.07, 6.45) is 1.26. The number of aromatic nitrogens is 2. The zero-order chi connectivity index (χ0) is 12.4. The Labute approximate surface area is 95.5 Å². The molecule has 0 fully saturated rings. The monoisotopic (exact) mass is 232 g/mol. The van der Waals surface area contributed by atoms with Gasteiger partial charge in [-0.05, 0) is 29.4 Å². The van der Waals surface area contributed by atoms with Crippen LogP contribution in [0.5, 0.6) is 0 Å². The normalized spacial score (nSPS) is 11.7. The molecule has 0 aliphatic rings. The number of aliphatic carboxylic acids is 1. The fourth-order valence-electron chi connectivity index (χ4n) is 1.41. The van der Waals surface area contributed by atoms with E-state index in [9.17, 15) is 9.59 Å². The first kappa shape index (κ1) is 11.0. The van der Waals surface area contributed by atoms with Crippen LogP contribution < -0.4 is 0 Å². The van der Waals surface area contributed by atoms with Gasteiger partial charge in [0.2, 0.25) is 0 Å². The Morgan fingerprint density at radius 1 is 1.35 bits per heavy atom. The molecule has 1 aromatic carbocycles. The molecule has 86 valence electrons. The highest BCUT2D eigenvalue weighted by Gasteiger charge is 2.14. The summed E-state index contributed by atoms with van der Waals surface area (Å²) in [4.78, 5) is 22.0. The lowest BCUT2D eigenvalue weighted by atomic mass is 10.1. The molecule has 0 radical (unpaired) electrons. The topological polar surface area (TPSA) is 93.3 Å². The number of rotatable bonds is 3. The Morgan fingerprint density at radius 2 is 2.12 bits per heavy atom. The van der Waals surface area contributed by atoms with E-state index in [0.717, 1.165) is 0 Å². The van der Waals surface area contributed by atoms with Crippen molar-refractivity contribution in [2.75, 3.05) is 0 Å². The molecule has 1 N–H and O–H groups in total. The molecule has 0 saturated carbocycles. The maximum Gasteiger partial charge on any atom is 0.339 e. The molecule has 0 aliphatic carbocycles. The summed E-state index contributed by atoms with van der Waals surface area (Å²) in [5.41, 5.74) is 1.11. The average Bonchev–Trinajstić information content (AvgIpc) is 2.73. The number of carboxylic acids is 1. The number of Topliss-reactive ketones (excluding diaryl/α,β-unsaturated/α-hetero) is 1. The van der Waals surface area contributed by atoms with Gasteiger partial charge in [-0.2, -0.15) is 0 Å². The van der Waals surface area contributed by atoms with Crippen molar-refractivity contribution in [1.82, 2.24) is 10.3 Å². The summed E-state index contributed by atoms with van der Waals surface area (Å²) >= 11 is 0. The zero-order valence-electron chi connectivity index (χ0n) is 8.88. The molecule has 0 unspecified atom stereocenters. The number of fused-ring (bicyclic) bond motifs is 1. The van der Waals surface area contributed by atoms with Crippen molar-refractivity contribution in [1.29, 1.82) is 0 Å². The minimum Gasteiger partial charge on any atom is -0.478 e. The highest BCUT2D eigenvalue weighted by molar-refractivity contribution is 6.19. The number of nitrogens with zero attached hydrogens (tertiary/aromatic N) is 2. The van der Waals surface area contributed by atoms with Crippen molar-refractivity contribution < 1.29 is 19.3 Å². The number of ketones is 1. The molecular weight excluding hydrogens is 224 g/mol. The van der Waals surface area contributed by atoms with Gasteiger partial charge in [0.25, 0.3) is 0 Å². The molecule has 0 bridgehead atoms. The first-order valence-electron chi connectivity index (χ1n) is 4.77. The number of carboxylic acid groups (broad SMARTS) is 1. The third kappa shape index (κ3) is 2.05. The third-order valence-electron chi connectivity index (χ3n) is 2.23. The number of hydrogen-bond acceptors (Lipinski definition) is 5. The molecule has 6 nitrogen and oxygen atoms in total. The molecule has 0 spiro atoms.